The summed E-state index contributed by atoms with van der Waals surface area (Å²) in [6.07, 6.45) is 6.58. The van der Waals surface area contributed by atoms with Crippen LogP contribution in [-0.4, -0.2) is 9.55 Å². The van der Waals surface area contributed by atoms with Crippen LogP contribution in [0.25, 0.3) is 0 Å². The Morgan fingerprint density at radius 2 is 2.00 bits per heavy atom. The molecular formula is C19H14Br2N4. The maximum absolute atomic E-state index is 9.01. The number of anilines is 1. The molecule has 4 nitrogen and oxygen atoms in total. The lowest BCUT2D eigenvalue weighted by Gasteiger charge is -2.35. The molecule has 1 aliphatic heterocycles. The van der Waals surface area contributed by atoms with Gasteiger partial charge in [0.05, 0.1) is 35.7 Å². The normalized spacial score (nSPS) is 18.9. The van der Waals surface area contributed by atoms with E-state index in [-0.39, 0.29) is 12.1 Å². The Hall–Kier alpha value is -2.10. The first-order chi connectivity index (χ1) is 12.2. The molecule has 2 atom stereocenters. The van der Waals surface area contributed by atoms with Gasteiger partial charge in [-0.05, 0) is 52.2 Å². The standard InChI is InChI=1S/C19H14Br2N4/c20-14-7-15-18(25-6-5-23-11-25)9-17(24-19(15)16(21)8-14)13-3-1-12(10-22)2-4-13/h1-8,11,17-18,24H,9H2. The van der Waals surface area contributed by atoms with Crippen LogP contribution in [-0.2, 0) is 0 Å². The first-order valence-corrected chi connectivity index (χ1v) is 9.47. The first-order valence-electron chi connectivity index (χ1n) is 7.88. The number of benzene rings is 2. The van der Waals surface area contributed by atoms with Gasteiger partial charge in [-0.15, -0.1) is 0 Å². The Balaban J connectivity index is 1.79. The van der Waals surface area contributed by atoms with Gasteiger partial charge >= 0.3 is 0 Å². The number of aromatic nitrogens is 2. The lowest BCUT2D eigenvalue weighted by atomic mass is 9.89. The highest BCUT2D eigenvalue weighted by Crippen LogP contribution is 2.45. The van der Waals surface area contributed by atoms with E-state index in [2.05, 4.69) is 64.9 Å². The minimum Gasteiger partial charge on any atom is -0.377 e. The Morgan fingerprint density at radius 1 is 1.20 bits per heavy atom. The number of hydrogen-bond donors (Lipinski definition) is 1. The highest BCUT2D eigenvalue weighted by Gasteiger charge is 2.30. The molecule has 0 fully saturated rings. The summed E-state index contributed by atoms with van der Waals surface area (Å²) >= 11 is 7.28. The van der Waals surface area contributed by atoms with E-state index in [4.69, 9.17) is 5.26 Å². The van der Waals surface area contributed by atoms with Crippen LogP contribution >= 0.6 is 31.9 Å². The van der Waals surface area contributed by atoms with Crippen LogP contribution in [0.5, 0.6) is 0 Å². The molecule has 0 amide bonds. The van der Waals surface area contributed by atoms with E-state index in [0.29, 0.717) is 5.56 Å². The zero-order valence-electron chi connectivity index (χ0n) is 13.2. The molecule has 0 aliphatic carbocycles. The fraction of sp³-hybridized carbons (Fsp3) is 0.158. The SMILES string of the molecule is N#Cc1ccc(C2CC(n3ccnc3)c3cc(Br)cc(Br)c3N2)cc1. The van der Waals surface area contributed by atoms with Crippen LogP contribution in [0.15, 0.2) is 64.1 Å². The minimum atomic E-state index is 0.158. The molecule has 1 aliphatic rings. The molecule has 2 unspecified atom stereocenters. The fourth-order valence-electron chi connectivity index (χ4n) is 3.34. The van der Waals surface area contributed by atoms with E-state index in [9.17, 15) is 0 Å². The fourth-order valence-corrected chi connectivity index (χ4v) is 4.71. The first kappa shape index (κ1) is 16.4. The number of nitrogens with one attached hydrogen (secondary N) is 1. The molecule has 1 N–H and O–H groups in total. The Kier molecular flexibility index (Phi) is 4.36. The van der Waals surface area contributed by atoms with Crippen molar-refractivity contribution in [3.63, 3.8) is 0 Å². The van der Waals surface area contributed by atoms with Gasteiger partial charge in [0, 0.05) is 26.9 Å². The molecule has 1 aromatic heterocycles. The molecule has 0 bridgehead atoms. The van der Waals surface area contributed by atoms with Crippen molar-refractivity contribution in [2.24, 2.45) is 0 Å². The van der Waals surface area contributed by atoms with Gasteiger partial charge in [-0.25, -0.2) is 4.98 Å². The lowest BCUT2D eigenvalue weighted by molar-refractivity contribution is 0.483. The molecule has 2 aromatic carbocycles. The van der Waals surface area contributed by atoms with E-state index < -0.39 is 0 Å². The average Bonchev–Trinajstić information content (AvgIpc) is 3.15. The second-order valence-corrected chi connectivity index (χ2v) is 7.81. The predicted octanol–water partition coefficient (Wildman–Crippen LogP) is 5.43. The Morgan fingerprint density at radius 3 is 2.68 bits per heavy atom. The van der Waals surface area contributed by atoms with Crippen LogP contribution < -0.4 is 5.32 Å². The maximum Gasteiger partial charge on any atom is 0.0991 e. The molecule has 2 heterocycles. The third-order valence-corrected chi connectivity index (χ3v) is 5.63. The highest BCUT2D eigenvalue weighted by atomic mass is 79.9. The molecule has 3 aromatic rings. The predicted molar refractivity (Wildman–Crippen MR) is 104 cm³/mol. The zero-order chi connectivity index (χ0) is 17.4. The average molecular weight is 458 g/mol. The Labute approximate surface area is 162 Å². The second kappa shape index (κ2) is 6.66. The van der Waals surface area contributed by atoms with Crippen LogP contribution in [0.1, 0.15) is 35.2 Å². The molecular weight excluding hydrogens is 444 g/mol. The summed E-state index contributed by atoms with van der Waals surface area (Å²) in [6, 6.07) is 14.5. The van der Waals surface area contributed by atoms with E-state index in [1.54, 1.807) is 0 Å². The monoisotopic (exact) mass is 456 g/mol. The number of nitrogens with zero attached hydrogens (tertiary/aromatic N) is 3. The van der Waals surface area contributed by atoms with Gasteiger partial charge in [0.2, 0.25) is 0 Å². The topological polar surface area (TPSA) is 53.6 Å². The van der Waals surface area contributed by atoms with Crippen molar-refractivity contribution in [1.29, 1.82) is 5.26 Å². The van der Waals surface area contributed by atoms with Crippen molar-refractivity contribution in [3.8, 4) is 6.07 Å². The molecule has 0 saturated heterocycles. The van der Waals surface area contributed by atoms with Gasteiger partial charge in [-0.1, -0.05) is 28.1 Å². The third kappa shape index (κ3) is 3.10. The van der Waals surface area contributed by atoms with Gasteiger partial charge in [0.15, 0.2) is 0 Å². The van der Waals surface area contributed by atoms with E-state index >= 15 is 0 Å². The van der Waals surface area contributed by atoms with E-state index in [0.717, 1.165) is 21.1 Å². The summed E-state index contributed by atoms with van der Waals surface area (Å²) < 4.78 is 4.22. The van der Waals surface area contributed by atoms with E-state index in [1.165, 1.54) is 11.1 Å². The summed E-state index contributed by atoms with van der Waals surface area (Å²) in [5.41, 5.74) is 4.17. The smallest absolute Gasteiger partial charge is 0.0991 e. The Bertz CT molecular complexity index is 943. The van der Waals surface area contributed by atoms with Crippen molar-refractivity contribution < 1.29 is 0 Å². The van der Waals surface area contributed by atoms with Crippen molar-refractivity contribution in [3.05, 3.63) is 80.8 Å². The summed E-state index contributed by atoms with van der Waals surface area (Å²) in [4.78, 5) is 4.22. The highest BCUT2D eigenvalue weighted by molar-refractivity contribution is 9.11. The number of halogens is 2. The number of imidazole rings is 1. The maximum atomic E-state index is 9.01. The molecule has 6 heteroatoms. The lowest BCUT2D eigenvalue weighted by Crippen LogP contribution is -2.25. The molecule has 25 heavy (non-hydrogen) atoms. The van der Waals surface area contributed by atoms with Crippen LogP contribution in [0.2, 0.25) is 0 Å². The van der Waals surface area contributed by atoms with Crippen molar-refractivity contribution >= 4 is 37.5 Å². The number of rotatable bonds is 2. The number of fused-ring (bicyclic) bond motifs is 1. The quantitative estimate of drug-likeness (QED) is 0.558. The summed E-state index contributed by atoms with van der Waals surface area (Å²) in [5.74, 6) is 0. The summed E-state index contributed by atoms with van der Waals surface area (Å²) in [6.45, 7) is 0. The van der Waals surface area contributed by atoms with Gasteiger partial charge in [-0.2, -0.15) is 5.26 Å². The summed E-state index contributed by atoms with van der Waals surface area (Å²) in [7, 11) is 0. The molecule has 0 saturated carbocycles. The van der Waals surface area contributed by atoms with Crippen LogP contribution in [0, 0.1) is 11.3 Å². The van der Waals surface area contributed by atoms with Gasteiger partial charge in [0.1, 0.15) is 0 Å². The van der Waals surface area contributed by atoms with Gasteiger partial charge < -0.3 is 9.88 Å². The minimum absolute atomic E-state index is 0.158. The van der Waals surface area contributed by atoms with Gasteiger partial charge in [-0.3, -0.25) is 0 Å². The molecule has 124 valence electrons. The number of hydrogen-bond acceptors (Lipinski definition) is 3. The van der Waals surface area contributed by atoms with Gasteiger partial charge in [0.25, 0.3) is 0 Å². The van der Waals surface area contributed by atoms with E-state index in [1.807, 2.05) is 43.0 Å². The summed E-state index contributed by atoms with van der Waals surface area (Å²) in [5, 5.41) is 12.7. The molecule has 4 rings (SSSR count). The second-order valence-electron chi connectivity index (χ2n) is 6.04. The van der Waals surface area contributed by atoms with Crippen molar-refractivity contribution in [2.45, 2.75) is 18.5 Å². The van der Waals surface area contributed by atoms with Crippen LogP contribution in [0.3, 0.4) is 0 Å². The molecule has 0 spiro atoms. The zero-order valence-corrected chi connectivity index (χ0v) is 16.3. The van der Waals surface area contributed by atoms with Crippen molar-refractivity contribution in [2.75, 3.05) is 5.32 Å². The number of nitriles is 1. The molecule has 0 radical (unpaired) electrons. The largest absolute Gasteiger partial charge is 0.377 e. The van der Waals surface area contributed by atoms with Crippen LogP contribution in [0.4, 0.5) is 5.69 Å². The third-order valence-electron chi connectivity index (χ3n) is 4.55. The van der Waals surface area contributed by atoms with Crippen molar-refractivity contribution in [1.82, 2.24) is 9.55 Å².